The molecule has 90 valence electrons. The van der Waals surface area contributed by atoms with Crippen LogP contribution in [0.15, 0.2) is 12.3 Å². The molecule has 5 heteroatoms. The van der Waals surface area contributed by atoms with Crippen LogP contribution < -0.4 is 4.90 Å². The number of nitriles is 1. The van der Waals surface area contributed by atoms with E-state index in [0.717, 1.165) is 5.69 Å². The Hall–Kier alpha value is -2.09. The van der Waals surface area contributed by atoms with E-state index >= 15 is 0 Å². The molecular weight excluding hydrogens is 218 g/mol. The lowest BCUT2D eigenvalue weighted by Gasteiger charge is -2.22. The first-order chi connectivity index (χ1) is 7.95. The third-order valence-electron chi connectivity index (χ3n) is 2.43. The number of hydrogen-bond donors (Lipinski definition) is 1. The van der Waals surface area contributed by atoms with Crippen LogP contribution in [0.1, 0.15) is 23.0 Å². The minimum Gasteiger partial charge on any atom is -0.478 e. The van der Waals surface area contributed by atoms with Crippen molar-refractivity contribution in [3.63, 3.8) is 0 Å². The van der Waals surface area contributed by atoms with Crippen molar-refractivity contribution >= 4 is 11.7 Å². The highest BCUT2D eigenvalue weighted by molar-refractivity contribution is 5.94. The standard InChI is InChI=1S/C12H15N3O2/c1-8(5-13)7-15(3)11-4-9(2)14-6-10(11)12(16)17/h4,6,8H,7H2,1-3H3,(H,16,17). The largest absolute Gasteiger partial charge is 0.478 e. The summed E-state index contributed by atoms with van der Waals surface area (Å²) in [6.07, 6.45) is 1.35. The van der Waals surface area contributed by atoms with Crippen LogP contribution in [0.25, 0.3) is 0 Å². The van der Waals surface area contributed by atoms with Gasteiger partial charge in [0.2, 0.25) is 0 Å². The molecule has 17 heavy (non-hydrogen) atoms. The number of rotatable bonds is 4. The lowest BCUT2D eigenvalue weighted by Crippen LogP contribution is -2.25. The summed E-state index contributed by atoms with van der Waals surface area (Å²) in [6.45, 7) is 4.09. The third kappa shape index (κ3) is 3.18. The quantitative estimate of drug-likeness (QED) is 0.856. The third-order valence-corrected chi connectivity index (χ3v) is 2.43. The SMILES string of the molecule is Cc1cc(N(C)CC(C)C#N)c(C(=O)O)cn1. The van der Waals surface area contributed by atoms with Gasteiger partial charge in [0.15, 0.2) is 0 Å². The molecule has 0 bridgehead atoms. The molecule has 1 rings (SSSR count). The zero-order chi connectivity index (χ0) is 13.0. The highest BCUT2D eigenvalue weighted by Crippen LogP contribution is 2.20. The van der Waals surface area contributed by atoms with Gasteiger partial charge >= 0.3 is 5.97 Å². The zero-order valence-corrected chi connectivity index (χ0v) is 10.1. The molecule has 1 unspecified atom stereocenters. The van der Waals surface area contributed by atoms with E-state index in [2.05, 4.69) is 11.1 Å². The predicted molar refractivity (Wildman–Crippen MR) is 64.0 cm³/mol. The number of aromatic carboxylic acids is 1. The Bertz CT molecular complexity index is 465. The van der Waals surface area contributed by atoms with Crippen molar-refractivity contribution in [2.75, 3.05) is 18.5 Å². The van der Waals surface area contributed by atoms with Gasteiger partial charge < -0.3 is 10.0 Å². The van der Waals surface area contributed by atoms with Crippen LogP contribution in [0.4, 0.5) is 5.69 Å². The Morgan fingerprint density at radius 1 is 1.71 bits per heavy atom. The van der Waals surface area contributed by atoms with Crippen LogP contribution in [0.3, 0.4) is 0 Å². The summed E-state index contributed by atoms with van der Waals surface area (Å²) >= 11 is 0. The van der Waals surface area contributed by atoms with Gasteiger partial charge in [0.1, 0.15) is 5.56 Å². The van der Waals surface area contributed by atoms with Gasteiger partial charge in [-0.3, -0.25) is 4.98 Å². The highest BCUT2D eigenvalue weighted by atomic mass is 16.4. The van der Waals surface area contributed by atoms with Crippen LogP contribution in [-0.2, 0) is 0 Å². The smallest absolute Gasteiger partial charge is 0.339 e. The number of carbonyl (C=O) groups is 1. The topological polar surface area (TPSA) is 77.2 Å². The fraction of sp³-hybridized carbons (Fsp3) is 0.417. The van der Waals surface area contributed by atoms with E-state index in [1.54, 1.807) is 31.9 Å². The fourth-order valence-corrected chi connectivity index (χ4v) is 1.58. The molecule has 0 aliphatic heterocycles. The maximum Gasteiger partial charge on any atom is 0.339 e. The van der Waals surface area contributed by atoms with Crippen molar-refractivity contribution in [1.29, 1.82) is 5.26 Å². The van der Waals surface area contributed by atoms with Crippen molar-refractivity contribution < 1.29 is 9.90 Å². The normalized spacial score (nSPS) is 11.6. The maximum absolute atomic E-state index is 11.1. The number of pyridine rings is 1. The Morgan fingerprint density at radius 3 is 2.88 bits per heavy atom. The summed E-state index contributed by atoms with van der Waals surface area (Å²) in [5, 5.41) is 17.8. The summed E-state index contributed by atoms with van der Waals surface area (Å²) in [5.41, 5.74) is 1.50. The molecule has 0 aliphatic carbocycles. The Labute approximate surface area is 100 Å². The summed E-state index contributed by atoms with van der Waals surface area (Å²) < 4.78 is 0. The monoisotopic (exact) mass is 233 g/mol. The van der Waals surface area contributed by atoms with E-state index < -0.39 is 5.97 Å². The average Bonchev–Trinajstić information content (AvgIpc) is 2.28. The molecule has 1 aromatic rings. The number of carboxylic acid groups (broad SMARTS) is 1. The molecule has 0 saturated carbocycles. The molecule has 5 nitrogen and oxygen atoms in total. The van der Waals surface area contributed by atoms with Crippen molar-refractivity contribution in [2.24, 2.45) is 5.92 Å². The summed E-state index contributed by atoms with van der Waals surface area (Å²) in [6, 6.07) is 3.84. The van der Waals surface area contributed by atoms with Crippen molar-refractivity contribution in [1.82, 2.24) is 4.98 Å². The molecule has 0 amide bonds. The molecule has 0 aromatic carbocycles. The second-order valence-corrected chi connectivity index (χ2v) is 4.06. The molecule has 0 saturated heterocycles. The maximum atomic E-state index is 11.1. The van der Waals surface area contributed by atoms with Crippen molar-refractivity contribution in [3.8, 4) is 6.07 Å². The summed E-state index contributed by atoms with van der Waals surface area (Å²) in [5.74, 6) is -1.17. The minimum absolute atomic E-state index is 0.156. The lowest BCUT2D eigenvalue weighted by atomic mass is 10.1. The molecule has 0 fully saturated rings. The van der Waals surface area contributed by atoms with Gasteiger partial charge in [-0.1, -0.05) is 0 Å². The van der Waals surface area contributed by atoms with Gasteiger partial charge in [-0.2, -0.15) is 5.26 Å². The van der Waals surface area contributed by atoms with Crippen molar-refractivity contribution in [3.05, 3.63) is 23.5 Å². The van der Waals surface area contributed by atoms with E-state index in [1.807, 2.05) is 0 Å². The molecule has 0 spiro atoms. The second-order valence-electron chi connectivity index (χ2n) is 4.06. The molecular formula is C12H15N3O2. The van der Waals surface area contributed by atoms with Gasteiger partial charge in [-0.05, 0) is 19.9 Å². The number of aryl methyl sites for hydroxylation is 1. The molecule has 1 heterocycles. The first-order valence-electron chi connectivity index (χ1n) is 5.26. The number of carboxylic acids is 1. The first kappa shape index (κ1) is 13.0. The minimum atomic E-state index is -1.01. The van der Waals surface area contributed by atoms with E-state index in [0.29, 0.717) is 12.2 Å². The fourth-order valence-electron chi connectivity index (χ4n) is 1.58. The second kappa shape index (κ2) is 5.30. The predicted octanol–water partition coefficient (Wildman–Crippen LogP) is 1.68. The molecule has 0 aliphatic rings. The first-order valence-corrected chi connectivity index (χ1v) is 5.26. The zero-order valence-electron chi connectivity index (χ0n) is 10.1. The van der Waals surface area contributed by atoms with Crippen molar-refractivity contribution in [2.45, 2.75) is 13.8 Å². The van der Waals surface area contributed by atoms with Gasteiger partial charge in [0.25, 0.3) is 0 Å². The molecule has 1 aromatic heterocycles. The van der Waals surface area contributed by atoms with E-state index in [9.17, 15) is 4.79 Å². The van der Waals surface area contributed by atoms with E-state index in [4.69, 9.17) is 10.4 Å². The van der Waals surface area contributed by atoms with Gasteiger partial charge in [0, 0.05) is 25.5 Å². The van der Waals surface area contributed by atoms with Gasteiger partial charge in [0.05, 0.1) is 17.7 Å². The Balaban J connectivity index is 3.07. The van der Waals surface area contributed by atoms with Crippen LogP contribution in [0.2, 0.25) is 0 Å². The summed E-state index contributed by atoms with van der Waals surface area (Å²) in [4.78, 5) is 16.8. The lowest BCUT2D eigenvalue weighted by molar-refractivity contribution is 0.0697. The van der Waals surface area contributed by atoms with Crippen LogP contribution in [-0.4, -0.2) is 29.7 Å². The van der Waals surface area contributed by atoms with Gasteiger partial charge in [-0.15, -0.1) is 0 Å². The van der Waals surface area contributed by atoms with Crippen LogP contribution in [0, 0.1) is 24.2 Å². The summed E-state index contributed by atoms with van der Waals surface area (Å²) in [7, 11) is 1.77. The van der Waals surface area contributed by atoms with Crippen LogP contribution in [0.5, 0.6) is 0 Å². The number of nitrogens with zero attached hydrogens (tertiary/aromatic N) is 3. The molecule has 1 atom stereocenters. The molecule has 0 radical (unpaired) electrons. The Kier molecular flexibility index (Phi) is 4.05. The average molecular weight is 233 g/mol. The number of aromatic nitrogens is 1. The van der Waals surface area contributed by atoms with E-state index in [1.165, 1.54) is 6.20 Å². The Morgan fingerprint density at radius 2 is 2.35 bits per heavy atom. The highest BCUT2D eigenvalue weighted by Gasteiger charge is 2.15. The van der Waals surface area contributed by atoms with E-state index in [-0.39, 0.29) is 11.5 Å². The number of hydrogen-bond acceptors (Lipinski definition) is 4. The molecule has 1 N–H and O–H groups in total. The van der Waals surface area contributed by atoms with Gasteiger partial charge in [-0.25, -0.2) is 4.79 Å². The number of anilines is 1. The van der Waals surface area contributed by atoms with Crippen LogP contribution >= 0.6 is 0 Å².